The highest BCUT2D eigenvalue weighted by molar-refractivity contribution is 8.00. The zero-order chi connectivity index (χ0) is 34.5. The summed E-state index contributed by atoms with van der Waals surface area (Å²) in [6.45, 7) is 4.56. The molecule has 2 N–H and O–H groups in total. The first kappa shape index (κ1) is 46.3. The van der Waals surface area contributed by atoms with Gasteiger partial charge in [-0.15, -0.1) is 0 Å². The fraction of sp³-hybridized carbons (Fsp3) is 0.952. The zero-order valence-electron chi connectivity index (χ0n) is 31.8. The van der Waals surface area contributed by atoms with E-state index in [1.54, 1.807) is 11.8 Å². The summed E-state index contributed by atoms with van der Waals surface area (Å²) in [5, 5.41) is 19.0. The maximum Gasteiger partial charge on any atom is 0.304 e. The summed E-state index contributed by atoms with van der Waals surface area (Å²) in [5.74, 6) is -1.01. The number of thioether (sulfide) groups is 1. The SMILES string of the molecule is CCCCCCCCCCCCCCCCCCC(CCCCCCCCCCCCCCCCCC)(CC(=O)O)SCCC(=O)O. The van der Waals surface area contributed by atoms with Gasteiger partial charge in [-0.05, 0) is 12.8 Å². The monoisotopic (exact) mass is 683 g/mol. The number of carbonyl (C=O) groups is 2. The Hall–Kier alpha value is -0.710. The van der Waals surface area contributed by atoms with E-state index in [9.17, 15) is 19.8 Å². The number of carboxylic acids is 2. The van der Waals surface area contributed by atoms with Crippen LogP contribution in [0.2, 0.25) is 0 Å². The predicted molar refractivity (Wildman–Crippen MR) is 208 cm³/mol. The third kappa shape index (κ3) is 34.9. The second-order valence-corrected chi connectivity index (χ2v) is 16.4. The average molecular weight is 683 g/mol. The molecule has 0 saturated heterocycles. The van der Waals surface area contributed by atoms with Gasteiger partial charge in [-0.2, -0.15) is 11.8 Å². The van der Waals surface area contributed by atoms with Crippen LogP contribution in [0.5, 0.6) is 0 Å². The van der Waals surface area contributed by atoms with Crippen molar-refractivity contribution in [2.24, 2.45) is 0 Å². The third-order valence-corrected chi connectivity index (χ3v) is 11.7. The first-order valence-corrected chi connectivity index (χ1v) is 22.0. The molecule has 0 aromatic heterocycles. The topological polar surface area (TPSA) is 74.6 Å². The van der Waals surface area contributed by atoms with Gasteiger partial charge in [-0.1, -0.05) is 219 Å². The van der Waals surface area contributed by atoms with E-state index in [1.165, 1.54) is 180 Å². The molecule has 0 heterocycles. The van der Waals surface area contributed by atoms with Gasteiger partial charge in [0.25, 0.3) is 0 Å². The number of rotatable bonds is 40. The fourth-order valence-electron chi connectivity index (χ4n) is 7.12. The van der Waals surface area contributed by atoms with Crippen LogP contribution in [0, 0.1) is 0 Å². The van der Waals surface area contributed by atoms with Crippen molar-refractivity contribution >= 4 is 23.7 Å². The molecule has 0 aliphatic carbocycles. The van der Waals surface area contributed by atoms with Gasteiger partial charge in [0.2, 0.25) is 0 Å². The van der Waals surface area contributed by atoms with Crippen molar-refractivity contribution in [1.29, 1.82) is 0 Å². The van der Waals surface area contributed by atoms with Crippen LogP contribution in [0.25, 0.3) is 0 Å². The van der Waals surface area contributed by atoms with Gasteiger partial charge in [0.05, 0.1) is 12.8 Å². The molecule has 0 spiro atoms. The summed E-state index contributed by atoms with van der Waals surface area (Å²) in [6, 6.07) is 0. The average Bonchev–Trinajstić information content (AvgIpc) is 3.04. The van der Waals surface area contributed by atoms with Gasteiger partial charge >= 0.3 is 11.9 Å². The summed E-state index contributed by atoms with van der Waals surface area (Å²) >= 11 is 1.64. The standard InChI is InChI=1S/C42H82O4S/c1-3-5-7-9-11-13-15-17-19-21-23-25-27-29-31-33-36-42(39-41(45)46,47-38-35-40(43)44)37-34-32-30-28-26-24-22-20-18-16-14-12-10-8-6-4-2/h3-39H2,1-2H3,(H,43,44)(H,45,46). The highest BCUT2D eigenvalue weighted by atomic mass is 32.2. The highest BCUT2D eigenvalue weighted by Crippen LogP contribution is 2.40. The Morgan fingerprint density at radius 2 is 0.660 bits per heavy atom. The molecule has 5 heteroatoms. The molecule has 47 heavy (non-hydrogen) atoms. The van der Waals surface area contributed by atoms with Crippen molar-refractivity contribution in [1.82, 2.24) is 0 Å². The third-order valence-electron chi connectivity index (χ3n) is 10.2. The molecule has 0 rings (SSSR count). The minimum atomic E-state index is -0.786. The maximum atomic E-state index is 11.9. The Morgan fingerprint density at radius 1 is 0.404 bits per heavy atom. The summed E-state index contributed by atoms with van der Waals surface area (Å²) in [7, 11) is 0. The van der Waals surface area contributed by atoms with Crippen LogP contribution in [-0.4, -0.2) is 32.7 Å². The van der Waals surface area contributed by atoms with Crippen molar-refractivity contribution in [2.75, 3.05) is 5.75 Å². The summed E-state index contributed by atoms with van der Waals surface area (Å²) in [4.78, 5) is 23.1. The Labute approximate surface area is 298 Å². The molecule has 0 atom stereocenters. The molecular formula is C42H82O4S. The lowest BCUT2D eigenvalue weighted by Gasteiger charge is -2.32. The van der Waals surface area contributed by atoms with Crippen LogP contribution in [0.15, 0.2) is 0 Å². The number of carboxylic acid groups (broad SMARTS) is 2. The quantitative estimate of drug-likeness (QED) is 0.0629. The Kier molecular flexibility index (Phi) is 36.0. The molecule has 0 radical (unpaired) electrons. The van der Waals surface area contributed by atoms with Crippen LogP contribution in [0.3, 0.4) is 0 Å². The van der Waals surface area contributed by atoms with Gasteiger partial charge in [-0.25, -0.2) is 0 Å². The zero-order valence-corrected chi connectivity index (χ0v) is 32.6. The van der Waals surface area contributed by atoms with Crippen molar-refractivity contribution in [3.63, 3.8) is 0 Å². The molecule has 0 fully saturated rings. The van der Waals surface area contributed by atoms with Gasteiger partial charge in [0, 0.05) is 10.5 Å². The Morgan fingerprint density at radius 3 is 0.894 bits per heavy atom. The molecule has 0 aromatic rings. The molecule has 0 aliphatic heterocycles. The molecule has 280 valence electrons. The van der Waals surface area contributed by atoms with Crippen LogP contribution in [-0.2, 0) is 9.59 Å². The van der Waals surface area contributed by atoms with Crippen molar-refractivity contribution in [3.05, 3.63) is 0 Å². The molecule has 0 aromatic carbocycles. The first-order chi connectivity index (χ1) is 23.0. The van der Waals surface area contributed by atoms with Crippen LogP contribution < -0.4 is 0 Å². The number of hydrogen-bond acceptors (Lipinski definition) is 3. The number of aliphatic carboxylic acids is 2. The lowest BCUT2D eigenvalue weighted by atomic mass is 9.90. The molecule has 4 nitrogen and oxygen atoms in total. The van der Waals surface area contributed by atoms with E-state index in [4.69, 9.17) is 0 Å². The Balaban J connectivity index is 4.12. The van der Waals surface area contributed by atoms with Gasteiger partial charge in [0.1, 0.15) is 0 Å². The number of unbranched alkanes of at least 4 members (excludes halogenated alkanes) is 30. The van der Waals surface area contributed by atoms with Crippen LogP contribution >= 0.6 is 11.8 Å². The van der Waals surface area contributed by atoms with E-state index >= 15 is 0 Å². The predicted octanol–water partition coefficient (Wildman–Crippen LogP) is 14.7. The van der Waals surface area contributed by atoms with E-state index in [2.05, 4.69) is 13.8 Å². The van der Waals surface area contributed by atoms with Gasteiger partial charge in [0.15, 0.2) is 0 Å². The summed E-state index contributed by atoms with van der Waals surface area (Å²) < 4.78 is -0.312. The molecule has 0 aliphatic rings. The fourth-order valence-corrected chi connectivity index (χ4v) is 8.63. The van der Waals surface area contributed by atoms with E-state index in [-0.39, 0.29) is 17.6 Å². The second-order valence-electron chi connectivity index (χ2n) is 14.9. The van der Waals surface area contributed by atoms with Crippen LogP contribution in [0.4, 0.5) is 0 Å². The maximum absolute atomic E-state index is 11.9. The second kappa shape index (κ2) is 36.6. The van der Waals surface area contributed by atoms with Crippen molar-refractivity contribution in [2.45, 2.75) is 250 Å². The number of hydrogen-bond donors (Lipinski definition) is 2. The smallest absolute Gasteiger partial charge is 0.304 e. The van der Waals surface area contributed by atoms with E-state index in [1.807, 2.05) is 0 Å². The Bertz CT molecular complexity index is 631. The molecular weight excluding hydrogens is 601 g/mol. The lowest BCUT2D eigenvalue weighted by molar-refractivity contribution is -0.138. The van der Waals surface area contributed by atoms with Gasteiger partial charge < -0.3 is 10.2 Å². The van der Waals surface area contributed by atoms with Gasteiger partial charge in [-0.3, -0.25) is 9.59 Å². The van der Waals surface area contributed by atoms with E-state index in [0.29, 0.717) is 5.75 Å². The summed E-state index contributed by atoms with van der Waals surface area (Å²) in [6.07, 6.45) is 44.9. The van der Waals surface area contributed by atoms with Crippen LogP contribution in [0.1, 0.15) is 245 Å². The van der Waals surface area contributed by atoms with Crippen molar-refractivity contribution in [3.8, 4) is 0 Å². The largest absolute Gasteiger partial charge is 0.481 e. The lowest BCUT2D eigenvalue weighted by Crippen LogP contribution is -2.29. The minimum absolute atomic E-state index is 0.115. The normalized spacial score (nSPS) is 11.8. The molecule has 0 unspecified atom stereocenters. The highest BCUT2D eigenvalue weighted by Gasteiger charge is 2.32. The first-order valence-electron chi connectivity index (χ1n) is 21.0. The molecule has 0 amide bonds. The summed E-state index contributed by atoms with van der Waals surface area (Å²) in [5.41, 5.74) is 0. The molecule has 0 bridgehead atoms. The van der Waals surface area contributed by atoms with E-state index in [0.717, 1.165) is 38.5 Å². The minimum Gasteiger partial charge on any atom is -0.481 e. The van der Waals surface area contributed by atoms with E-state index < -0.39 is 11.9 Å². The molecule has 0 saturated carbocycles. The van der Waals surface area contributed by atoms with Crippen molar-refractivity contribution < 1.29 is 19.8 Å².